The van der Waals surface area contributed by atoms with Crippen molar-refractivity contribution in [1.29, 1.82) is 0 Å². The number of aromatic amines is 1. The highest BCUT2D eigenvalue weighted by molar-refractivity contribution is 5.83. The van der Waals surface area contributed by atoms with Gasteiger partial charge < -0.3 is 15.6 Å². The molecule has 1 aliphatic rings. The molecule has 0 saturated carbocycles. The van der Waals surface area contributed by atoms with Crippen molar-refractivity contribution >= 4 is 5.91 Å². The molecule has 0 fully saturated rings. The highest BCUT2D eigenvalue weighted by Crippen LogP contribution is 2.27. The lowest BCUT2D eigenvalue weighted by Gasteiger charge is -2.22. The number of aromatic nitrogens is 4. The van der Waals surface area contributed by atoms with E-state index >= 15 is 0 Å². The number of nitrogens with one attached hydrogen (secondary N) is 3. The lowest BCUT2D eigenvalue weighted by Crippen LogP contribution is -2.42. The van der Waals surface area contributed by atoms with Gasteiger partial charge in [0.2, 0.25) is 5.91 Å². The van der Waals surface area contributed by atoms with E-state index in [9.17, 15) is 18.0 Å². The first-order chi connectivity index (χ1) is 11.8. The molecule has 0 aromatic carbocycles. The van der Waals surface area contributed by atoms with Crippen molar-refractivity contribution in [2.24, 2.45) is 0 Å². The molecule has 0 bridgehead atoms. The van der Waals surface area contributed by atoms with E-state index in [1.165, 1.54) is 13.3 Å². The third kappa shape index (κ3) is 3.95. The monoisotopic (exact) mass is 354 g/mol. The van der Waals surface area contributed by atoms with Gasteiger partial charge in [-0.05, 0) is 13.0 Å². The number of rotatable bonds is 4. The van der Waals surface area contributed by atoms with Crippen molar-refractivity contribution in [2.75, 3.05) is 13.1 Å². The van der Waals surface area contributed by atoms with Crippen molar-refractivity contribution in [2.45, 2.75) is 32.0 Å². The smallest absolute Gasteiger partial charge is 0.354 e. The van der Waals surface area contributed by atoms with Crippen LogP contribution in [0.2, 0.25) is 0 Å². The Morgan fingerprint density at radius 3 is 2.96 bits per heavy atom. The van der Waals surface area contributed by atoms with Crippen LogP contribution in [0.5, 0.6) is 0 Å². The summed E-state index contributed by atoms with van der Waals surface area (Å²) < 4.78 is 38.3. The number of fused-ring (bicyclic) bond motifs is 1. The molecule has 134 valence electrons. The van der Waals surface area contributed by atoms with E-state index in [0.29, 0.717) is 12.2 Å². The standard InChI is InChI=1S/C15H17F3N6O/c1-8-6-10(15(16,17)18)24-11(23-8)3-5-20-14(25)13-12-9(2-4-19-13)21-7-22-12/h6-7,13,19H,2-5H2,1H3,(H,20,25)(H,21,22)/t13-/m0/s1. The summed E-state index contributed by atoms with van der Waals surface area (Å²) in [4.78, 5) is 26.9. The topological polar surface area (TPSA) is 95.6 Å². The van der Waals surface area contributed by atoms with Crippen LogP contribution in [0, 0.1) is 6.92 Å². The molecule has 7 nitrogen and oxygen atoms in total. The average molecular weight is 354 g/mol. The second kappa shape index (κ2) is 6.79. The number of carbonyl (C=O) groups is 1. The maximum absolute atomic E-state index is 12.8. The molecule has 3 rings (SSSR count). The Bertz CT molecular complexity index is 773. The molecule has 3 heterocycles. The number of aryl methyl sites for hydroxylation is 1. The summed E-state index contributed by atoms with van der Waals surface area (Å²) in [5.41, 5.74) is 0.820. The summed E-state index contributed by atoms with van der Waals surface area (Å²) >= 11 is 0. The summed E-state index contributed by atoms with van der Waals surface area (Å²) in [6.07, 6.45) is -2.11. The first-order valence-corrected chi connectivity index (χ1v) is 7.79. The van der Waals surface area contributed by atoms with E-state index in [1.807, 2.05) is 0 Å². The van der Waals surface area contributed by atoms with Gasteiger partial charge in [0.15, 0.2) is 0 Å². The van der Waals surface area contributed by atoms with Gasteiger partial charge in [0.05, 0.1) is 12.0 Å². The Morgan fingerprint density at radius 1 is 1.40 bits per heavy atom. The quantitative estimate of drug-likeness (QED) is 0.763. The van der Waals surface area contributed by atoms with Gasteiger partial charge in [0.1, 0.15) is 17.6 Å². The SMILES string of the molecule is Cc1cc(C(F)(F)F)nc(CCNC(=O)[C@H]2NCCc3[nH]cnc32)n1. The highest BCUT2D eigenvalue weighted by atomic mass is 19.4. The Balaban J connectivity index is 1.61. The number of imidazole rings is 1. The lowest BCUT2D eigenvalue weighted by atomic mass is 10.1. The van der Waals surface area contributed by atoms with E-state index in [4.69, 9.17) is 0 Å². The Morgan fingerprint density at radius 2 is 2.20 bits per heavy atom. The van der Waals surface area contributed by atoms with Gasteiger partial charge in [-0.1, -0.05) is 0 Å². The number of halogens is 3. The minimum atomic E-state index is -4.52. The number of nitrogens with zero attached hydrogens (tertiary/aromatic N) is 3. The van der Waals surface area contributed by atoms with Gasteiger partial charge in [0.25, 0.3) is 0 Å². The fourth-order valence-electron chi connectivity index (χ4n) is 2.72. The van der Waals surface area contributed by atoms with Crippen LogP contribution in [0.3, 0.4) is 0 Å². The third-order valence-corrected chi connectivity index (χ3v) is 3.85. The van der Waals surface area contributed by atoms with Gasteiger partial charge >= 0.3 is 6.18 Å². The molecule has 10 heteroatoms. The molecule has 0 spiro atoms. The van der Waals surface area contributed by atoms with E-state index < -0.39 is 17.9 Å². The van der Waals surface area contributed by atoms with Crippen LogP contribution in [0.15, 0.2) is 12.4 Å². The van der Waals surface area contributed by atoms with Crippen LogP contribution in [-0.2, 0) is 23.8 Å². The predicted molar refractivity (Wildman–Crippen MR) is 81.5 cm³/mol. The Labute approximate surface area is 141 Å². The maximum Gasteiger partial charge on any atom is 0.433 e. The summed E-state index contributed by atoms with van der Waals surface area (Å²) in [5.74, 6) is -0.235. The van der Waals surface area contributed by atoms with Crippen molar-refractivity contribution in [3.63, 3.8) is 0 Å². The average Bonchev–Trinajstić information content (AvgIpc) is 3.02. The molecule has 1 aliphatic heterocycles. The van der Waals surface area contributed by atoms with Crippen molar-refractivity contribution in [1.82, 2.24) is 30.6 Å². The Kier molecular flexibility index (Phi) is 4.71. The molecular formula is C15H17F3N6O. The molecular weight excluding hydrogens is 337 g/mol. The summed E-state index contributed by atoms with van der Waals surface area (Å²) in [6.45, 7) is 2.25. The largest absolute Gasteiger partial charge is 0.433 e. The predicted octanol–water partition coefficient (Wildman–Crippen LogP) is 1.07. The van der Waals surface area contributed by atoms with Crippen molar-refractivity contribution in [3.8, 4) is 0 Å². The maximum atomic E-state index is 12.8. The van der Waals surface area contributed by atoms with E-state index in [2.05, 4.69) is 30.6 Å². The summed E-state index contributed by atoms with van der Waals surface area (Å²) in [5, 5.41) is 5.77. The minimum Gasteiger partial charge on any atom is -0.354 e. The molecule has 1 atom stereocenters. The summed E-state index contributed by atoms with van der Waals surface area (Å²) in [6, 6.07) is 0.326. The molecule has 2 aromatic heterocycles. The van der Waals surface area contributed by atoms with E-state index in [0.717, 1.165) is 18.2 Å². The number of hydrogen-bond acceptors (Lipinski definition) is 5. The molecule has 0 unspecified atom stereocenters. The molecule has 25 heavy (non-hydrogen) atoms. The van der Waals surface area contributed by atoms with Gasteiger partial charge in [-0.3, -0.25) is 4.79 Å². The van der Waals surface area contributed by atoms with Gasteiger partial charge in [-0.25, -0.2) is 15.0 Å². The number of H-pyrrole nitrogens is 1. The molecule has 0 saturated heterocycles. The number of alkyl halides is 3. The van der Waals surface area contributed by atoms with Crippen molar-refractivity contribution < 1.29 is 18.0 Å². The lowest BCUT2D eigenvalue weighted by molar-refractivity contribution is -0.141. The number of hydrogen-bond donors (Lipinski definition) is 3. The highest BCUT2D eigenvalue weighted by Gasteiger charge is 2.33. The van der Waals surface area contributed by atoms with E-state index in [1.54, 1.807) is 0 Å². The molecule has 1 amide bonds. The van der Waals surface area contributed by atoms with Crippen molar-refractivity contribution in [3.05, 3.63) is 41.0 Å². The second-order valence-electron chi connectivity index (χ2n) is 5.75. The molecule has 2 aromatic rings. The van der Waals surface area contributed by atoms with Gasteiger partial charge in [0, 0.05) is 37.3 Å². The van der Waals surface area contributed by atoms with Crippen LogP contribution in [0.1, 0.15) is 34.6 Å². The normalized spacial score (nSPS) is 17.2. The van der Waals surface area contributed by atoms with Crippen LogP contribution < -0.4 is 10.6 Å². The van der Waals surface area contributed by atoms with Crippen LogP contribution in [0.4, 0.5) is 13.2 Å². The minimum absolute atomic E-state index is 0.0460. The fourth-order valence-corrected chi connectivity index (χ4v) is 2.72. The van der Waals surface area contributed by atoms with Gasteiger partial charge in [-0.2, -0.15) is 13.2 Å². The number of amides is 1. The molecule has 0 aliphatic carbocycles. The van der Waals surface area contributed by atoms with Crippen LogP contribution >= 0.6 is 0 Å². The molecule has 3 N–H and O–H groups in total. The zero-order valence-electron chi connectivity index (χ0n) is 13.4. The van der Waals surface area contributed by atoms with E-state index in [-0.39, 0.29) is 30.4 Å². The van der Waals surface area contributed by atoms with Crippen LogP contribution in [-0.4, -0.2) is 38.9 Å². The second-order valence-corrected chi connectivity index (χ2v) is 5.75. The summed E-state index contributed by atoms with van der Waals surface area (Å²) in [7, 11) is 0. The first kappa shape index (κ1) is 17.3. The fraction of sp³-hybridized carbons (Fsp3) is 0.467. The zero-order chi connectivity index (χ0) is 18.0. The molecule has 0 radical (unpaired) electrons. The first-order valence-electron chi connectivity index (χ1n) is 7.79. The van der Waals surface area contributed by atoms with Crippen LogP contribution in [0.25, 0.3) is 0 Å². The zero-order valence-corrected chi connectivity index (χ0v) is 13.4. The van der Waals surface area contributed by atoms with Gasteiger partial charge in [-0.15, -0.1) is 0 Å². The third-order valence-electron chi connectivity index (χ3n) is 3.85. The number of carbonyl (C=O) groups excluding carboxylic acids is 1. The Hall–Kier alpha value is -2.49.